The second-order valence-corrected chi connectivity index (χ2v) is 8.31. The van der Waals surface area contributed by atoms with Crippen LogP contribution in [0.5, 0.6) is 5.75 Å². The zero-order chi connectivity index (χ0) is 21.7. The maximum Gasteiger partial charge on any atom is 0.234 e. The number of thioether (sulfide) groups is 1. The summed E-state index contributed by atoms with van der Waals surface area (Å²) in [6.45, 7) is 5.97. The van der Waals surface area contributed by atoms with Crippen molar-refractivity contribution >= 4 is 35.0 Å². The SMILES string of the molecule is CCc1ccc(O[C@@H](C)c2nnc(SCC(=O)Nc3ccc(C)c(Cl)c3)n2C)cc1. The average Bonchev–Trinajstić information content (AvgIpc) is 3.10. The lowest BCUT2D eigenvalue weighted by Gasteiger charge is -2.14. The van der Waals surface area contributed by atoms with Gasteiger partial charge in [-0.2, -0.15) is 0 Å². The van der Waals surface area contributed by atoms with Gasteiger partial charge in [0.2, 0.25) is 5.91 Å². The van der Waals surface area contributed by atoms with Gasteiger partial charge in [-0.1, -0.05) is 48.5 Å². The van der Waals surface area contributed by atoms with Crippen molar-refractivity contribution < 1.29 is 9.53 Å². The molecule has 0 aliphatic rings. The minimum Gasteiger partial charge on any atom is -0.483 e. The van der Waals surface area contributed by atoms with Crippen molar-refractivity contribution in [2.75, 3.05) is 11.1 Å². The van der Waals surface area contributed by atoms with Gasteiger partial charge in [-0.05, 0) is 55.7 Å². The Balaban J connectivity index is 1.57. The zero-order valence-electron chi connectivity index (χ0n) is 17.5. The number of nitrogens with zero attached hydrogens (tertiary/aromatic N) is 3. The highest BCUT2D eigenvalue weighted by Gasteiger charge is 2.18. The molecule has 0 radical (unpaired) electrons. The summed E-state index contributed by atoms with van der Waals surface area (Å²) in [5.41, 5.74) is 2.90. The van der Waals surface area contributed by atoms with Crippen LogP contribution in [0.1, 0.15) is 36.9 Å². The van der Waals surface area contributed by atoms with E-state index in [2.05, 4.69) is 34.6 Å². The smallest absolute Gasteiger partial charge is 0.234 e. The van der Waals surface area contributed by atoms with E-state index in [-0.39, 0.29) is 17.8 Å². The third kappa shape index (κ3) is 5.55. The Morgan fingerprint density at radius 2 is 1.97 bits per heavy atom. The van der Waals surface area contributed by atoms with Gasteiger partial charge in [-0.15, -0.1) is 10.2 Å². The maximum absolute atomic E-state index is 12.3. The Morgan fingerprint density at radius 1 is 1.23 bits per heavy atom. The first-order chi connectivity index (χ1) is 14.4. The number of ether oxygens (including phenoxy) is 1. The summed E-state index contributed by atoms with van der Waals surface area (Å²) in [4.78, 5) is 12.3. The number of carbonyl (C=O) groups is 1. The summed E-state index contributed by atoms with van der Waals surface area (Å²) in [6.07, 6.45) is 0.720. The number of anilines is 1. The molecule has 1 aromatic heterocycles. The first-order valence-electron chi connectivity index (χ1n) is 9.71. The molecule has 0 unspecified atom stereocenters. The average molecular weight is 445 g/mol. The molecule has 1 amide bonds. The number of benzene rings is 2. The molecule has 30 heavy (non-hydrogen) atoms. The lowest BCUT2D eigenvalue weighted by atomic mass is 10.2. The minimum atomic E-state index is -0.271. The van der Waals surface area contributed by atoms with Gasteiger partial charge in [0.25, 0.3) is 0 Å². The van der Waals surface area contributed by atoms with Crippen molar-refractivity contribution in [3.8, 4) is 5.75 Å². The van der Waals surface area contributed by atoms with Crippen molar-refractivity contribution in [1.29, 1.82) is 0 Å². The molecule has 0 aliphatic heterocycles. The first kappa shape index (κ1) is 22.2. The topological polar surface area (TPSA) is 69.0 Å². The molecule has 2 aromatic carbocycles. The van der Waals surface area contributed by atoms with Gasteiger partial charge in [0, 0.05) is 17.8 Å². The standard InChI is InChI=1S/C22H25ClN4O2S/c1-5-16-7-10-18(11-8-16)29-15(3)21-25-26-22(27(21)4)30-13-20(28)24-17-9-6-14(2)19(23)12-17/h6-12,15H,5,13H2,1-4H3,(H,24,28)/t15-/m0/s1. The summed E-state index contributed by atoms with van der Waals surface area (Å²) >= 11 is 7.43. The maximum atomic E-state index is 12.3. The monoisotopic (exact) mass is 444 g/mol. The van der Waals surface area contributed by atoms with E-state index in [1.165, 1.54) is 17.3 Å². The van der Waals surface area contributed by atoms with Crippen LogP contribution in [0.25, 0.3) is 0 Å². The van der Waals surface area contributed by atoms with Crippen molar-refractivity contribution in [2.45, 2.75) is 38.5 Å². The second-order valence-electron chi connectivity index (χ2n) is 6.96. The van der Waals surface area contributed by atoms with E-state index in [1.54, 1.807) is 6.07 Å². The molecule has 3 aromatic rings. The van der Waals surface area contributed by atoms with E-state index >= 15 is 0 Å². The zero-order valence-corrected chi connectivity index (χ0v) is 19.0. The van der Waals surface area contributed by atoms with Gasteiger partial charge in [0.1, 0.15) is 5.75 Å². The van der Waals surface area contributed by atoms with E-state index in [1.807, 2.05) is 49.7 Å². The highest BCUT2D eigenvalue weighted by Crippen LogP contribution is 2.25. The third-order valence-electron chi connectivity index (χ3n) is 4.66. The Labute approximate surface area is 186 Å². The van der Waals surface area contributed by atoms with Crippen LogP contribution in [0.3, 0.4) is 0 Å². The van der Waals surface area contributed by atoms with Gasteiger partial charge in [0.05, 0.1) is 5.75 Å². The van der Waals surface area contributed by atoms with Gasteiger partial charge in [-0.25, -0.2) is 0 Å². The summed E-state index contributed by atoms with van der Waals surface area (Å²) in [5, 5.41) is 12.6. The Kier molecular flexibility index (Phi) is 7.39. The highest BCUT2D eigenvalue weighted by atomic mass is 35.5. The number of carbonyl (C=O) groups excluding carboxylic acids is 1. The fraction of sp³-hybridized carbons (Fsp3) is 0.318. The van der Waals surface area contributed by atoms with Crippen LogP contribution in [0, 0.1) is 6.92 Å². The van der Waals surface area contributed by atoms with Crippen LogP contribution in [0.2, 0.25) is 5.02 Å². The fourth-order valence-corrected chi connectivity index (χ4v) is 3.76. The number of hydrogen-bond donors (Lipinski definition) is 1. The van der Waals surface area contributed by atoms with Crippen LogP contribution < -0.4 is 10.1 Å². The number of nitrogens with one attached hydrogen (secondary N) is 1. The Morgan fingerprint density at radius 3 is 2.63 bits per heavy atom. The summed E-state index contributed by atoms with van der Waals surface area (Å²) < 4.78 is 7.85. The van der Waals surface area contributed by atoms with E-state index in [4.69, 9.17) is 16.3 Å². The number of aryl methyl sites for hydroxylation is 2. The first-order valence-corrected chi connectivity index (χ1v) is 11.1. The molecule has 1 atom stereocenters. The molecule has 1 heterocycles. The lowest BCUT2D eigenvalue weighted by Crippen LogP contribution is -2.15. The number of rotatable bonds is 8. The molecular weight excluding hydrogens is 420 g/mol. The molecule has 1 N–H and O–H groups in total. The van der Waals surface area contributed by atoms with Crippen molar-refractivity contribution in [1.82, 2.24) is 14.8 Å². The molecule has 6 nitrogen and oxygen atoms in total. The molecular formula is C22H25ClN4O2S. The van der Waals surface area contributed by atoms with Crippen LogP contribution in [0.4, 0.5) is 5.69 Å². The molecule has 3 rings (SSSR count). The van der Waals surface area contributed by atoms with E-state index in [0.29, 0.717) is 21.7 Å². The van der Waals surface area contributed by atoms with Gasteiger partial charge in [0.15, 0.2) is 17.1 Å². The Bertz CT molecular complexity index is 1020. The van der Waals surface area contributed by atoms with E-state index < -0.39 is 0 Å². The van der Waals surface area contributed by atoms with E-state index in [0.717, 1.165) is 17.7 Å². The predicted molar refractivity (Wildman–Crippen MR) is 121 cm³/mol. The van der Waals surface area contributed by atoms with Crippen LogP contribution in [-0.2, 0) is 18.3 Å². The minimum absolute atomic E-state index is 0.134. The largest absolute Gasteiger partial charge is 0.483 e. The molecule has 8 heteroatoms. The fourth-order valence-electron chi connectivity index (χ4n) is 2.86. The molecule has 0 fully saturated rings. The van der Waals surface area contributed by atoms with Gasteiger partial charge >= 0.3 is 0 Å². The van der Waals surface area contributed by atoms with Crippen LogP contribution in [0.15, 0.2) is 47.6 Å². The molecule has 0 spiro atoms. The summed E-state index contributed by atoms with van der Waals surface area (Å²) in [5.74, 6) is 1.56. The van der Waals surface area contributed by atoms with Crippen LogP contribution >= 0.6 is 23.4 Å². The normalized spacial score (nSPS) is 11.9. The molecule has 158 valence electrons. The van der Waals surface area contributed by atoms with Crippen molar-refractivity contribution in [3.05, 3.63) is 64.4 Å². The number of aromatic nitrogens is 3. The summed E-state index contributed by atoms with van der Waals surface area (Å²) in [6, 6.07) is 13.5. The van der Waals surface area contributed by atoms with Gasteiger partial charge in [-0.3, -0.25) is 4.79 Å². The number of amides is 1. The lowest BCUT2D eigenvalue weighted by molar-refractivity contribution is -0.113. The van der Waals surface area contributed by atoms with Crippen LogP contribution in [-0.4, -0.2) is 26.4 Å². The third-order valence-corrected chi connectivity index (χ3v) is 6.09. The quantitative estimate of drug-likeness (QED) is 0.483. The Hall–Kier alpha value is -2.51. The number of hydrogen-bond acceptors (Lipinski definition) is 5. The van der Waals surface area contributed by atoms with Gasteiger partial charge < -0.3 is 14.6 Å². The number of halogens is 1. The predicted octanol–water partition coefficient (Wildman–Crippen LogP) is 5.21. The molecule has 0 bridgehead atoms. The summed E-state index contributed by atoms with van der Waals surface area (Å²) in [7, 11) is 1.87. The van der Waals surface area contributed by atoms with Crippen molar-refractivity contribution in [3.63, 3.8) is 0 Å². The molecule has 0 saturated heterocycles. The van der Waals surface area contributed by atoms with Crippen molar-refractivity contribution in [2.24, 2.45) is 7.05 Å². The molecule has 0 aliphatic carbocycles. The highest BCUT2D eigenvalue weighted by molar-refractivity contribution is 7.99. The van der Waals surface area contributed by atoms with E-state index in [9.17, 15) is 4.79 Å². The molecule has 0 saturated carbocycles. The second kappa shape index (κ2) is 10.00.